The van der Waals surface area contributed by atoms with Gasteiger partial charge in [-0.3, -0.25) is 4.79 Å². The highest BCUT2D eigenvalue weighted by molar-refractivity contribution is 7.91. The second-order valence-corrected chi connectivity index (χ2v) is 6.06. The molecule has 0 radical (unpaired) electrons. The molecular weight excluding hydrogens is 202 g/mol. The largest absolute Gasteiger partial charge is 0.349 e. The van der Waals surface area contributed by atoms with Gasteiger partial charge in [-0.1, -0.05) is 5.57 Å². The standard InChI is InChI=1S/C9H15NO3S/c1-7(2)5-9(11)10-8-3-4-14(12,13)6-8/h5,8H,3-4,6H2,1-2H3,(H,10,11). The third-order valence-electron chi connectivity index (χ3n) is 2.00. The van der Waals surface area contributed by atoms with Crippen molar-refractivity contribution in [3.63, 3.8) is 0 Å². The quantitative estimate of drug-likeness (QED) is 0.675. The number of carbonyl (C=O) groups excluding carboxylic acids is 1. The minimum absolute atomic E-state index is 0.0787. The first-order valence-corrected chi connectivity index (χ1v) is 6.37. The number of amides is 1. The summed E-state index contributed by atoms with van der Waals surface area (Å²) in [6.07, 6.45) is 2.01. The lowest BCUT2D eigenvalue weighted by Gasteiger charge is -2.08. The summed E-state index contributed by atoms with van der Waals surface area (Å²) >= 11 is 0. The van der Waals surface area contributed by atoms with E-state index >= 15 is 0 Å². The predicted octanol–water partition coefficient (Wildman–Crippen LogP) is 0.256. The topological polar surface area (TPSA) is 63.2 Å². The molecule has 0 aliphatic carbocycles. The fourth-order valence-electron chi connectivity index (χ4n) is 1.41. The molecule has 0 aromatic heterocycles. The minimum atomic E-state index is -2.90. The van der Waals surface area contributed by atoms with Crippen molar-refractivity contribution in [1.82, 2.24) is 5.32 Å². The Morgan fingerprint density at radius 2 is 2.07 bits per heavy atom. The van der Waals surface area contributed by atoms with Crippen LogP contribution in [-0.4, -0.2) is 31.9 Å². The smallest absolute Gasteiger partial charge is 0.244 e. The molecule has 0 aromatic carbocycles. The summed E-state index contributed by atoms with van der Waals surface area (Å²) in [5.41, 5.74) is 0.906. The molecule has 4 nitrogen and oxygen atoms in total. The number of hydrogen-bond donors (Lipinski definition) is 1. The van der Waals surface area contributed by atoms with E-state index in [2.05, 4.69) is 5.32 Å². The Bertz CT molecular complexity index is 352. The van der Waals surface area contributed by atoms with Gasteiger partial charge in [0.2, 0.25) is 5.91 Å². The third kappa shape index (κ3) is 3.49. The highest BCUT2D eigenvalue weighted by atomic mass is 32.2. The Morgan fingerprint density at radius 3 is 2.50 bits per heavy atom. The summed E-state index contributed by atoms with van der Waals surface area (Å²) < 4.78 is 22.2. The van der Waals surface area contributed by atoms with E-state index in [4.69, 9.17) is 0 Å². The predicted molar refractivity (Wildman–Crippen MR) is 54.6 cm³/mol. The van der Waals surface area contributed by atoms with Gasteiger partial charge in [0, 0.05) is 12.1 Å². The lowest BCUT2D eigenvalue weighted by atomic mass is 10.2. The zero-order chi connectivity index (χ0) is 10.8. The number of rotatable bonds is 2. The highest BCUT2D eigenvalue weighted by Crippen LogP contribution is 2.11. The monoisotopic (exact) mass is 217 g/mol. The van der Waals surface area contributed by atoms with E-state index in [1.54, 1.807) is 0 Å². The summed E-state index contributed by atoms with van der Waals surface area (Å²) in [6, 6.07) is -0.205. The second-order valence-electron chi connectivity index (χ2n) is 3.83. The van der Waals surface area contributed by atoms with Gasteiger partial charge in [0.25, 0.3) is 0 Å². The molecule has 1 fully saturated rings. The minimum Gasteiger partial charge on any atom is -0.349 e. The number of sulfone groups is 1. The Morgan fingerprint density at radius 1 is 1.43 bits per heavy atom. The molecule has 1 unspecified atom stereocenters. The summed E-state index contributed by atoms with van der Waals surface area (Å²) in [6.45, 7) is 3.65. The van der Waals surface area contributed by atoms with Crippen LogP contribution in [0.25, 0.3) is 0 Å². The fraction of sp³-hybridized carbons (Fsp3) is 0.667. The van der Waals surface area contributed by atoms with Crippen LogP contribution >= 0.6 is 0 Å². The number of carbonyl (C=O) groups is 1. The third-order valence-corrected chi connectivity index (χ3v) is 3.77. The van der Waals surface area contributed by atoms with Gasteiger partial charge in [-0.2, -0.15) is 0 Å². The summed E-state index contributed by atoms with van der Waals surface area (Å²) in [5, 5.41) is 2.67. The van der Waals surface area contributed by atoms with Crippen LogP contribution in [0.2, 0.25) is 0 Å². The van der Waals surface area contributed by atoms with Gasteiger partial charge in [0.05, 0.1) is 11.5 Å². The zero-order valence-corrected chi connectivity index (χ0v) is 9.23. The van der Waals surface area contributed by atoms with Crippen molar-refractivity contribution in [3.05, 3.63) is 11.6 Å². The first-order valence-electron chi connectivity index (χ1n) is 4.55. The molecule has 0 saturated carbocycles. The van der Waals surface area contributed by atoms with Crippen LogP contribution in [0.4, 0.5) is 0 Å². The Hall–Kier alpha value is -0.840. The molecule has 1 N–H and O–H groups in total. The molecule has 80 valence electrons. The molecular formula is C9H15NO3S. The number of allylic oxidation sites excluding steroid dienone is 1. The second kappa shape index (κ2) is 4.13. The van der Waals surface area contributed by atoms with Gasteiger partial charge in [0.1, 0.15) is 0 Å². The van der Waals surface area contributed by atoms with Crippen LogP contribution in [0.15, 0.2) is 11.6 Å². The highest BCUT2D eigenvalue weighted by Gasteiger charge is 2.28. The maximum atomic E-state index is 11.2. The van der Waals surface area contributed by atoms with E-state index in [9.17, 15) is 13.2 Å². The van der Waals surface area contributed by atoms with Gasteiger partial charge >= 0.3 is 0 Å². The van der Waals surface area contributed by atoms with Crippen molar-refractivity contribution >= 4 is 15.7 Å². The maximum Gasteiger partial charge on any atom is 0.244 e. The summed E-state index contributed by atoms with van der Waals surface area (Å²) in [7, 11) is -2.90. The van der Waals surface area contributed by atoms with Crippen LogP contribution < -0.4 is 5.32 Å². The van der Waals surface area contributed by atoms with E-state index in [0.717, 1.165) is 5.57 Å². The number of hydrogen-bond acceptors (Lipinski definition) is 3. The molecule has 1 atom stereocenters. The lowest BCUT2D eigenvalue weighted by Crippen LogP contribution is -2.34. The van der Waals surface area contributed by atoms with E-state index in [1.165, 1.54) is 6.08 Å². The molecule has 1 amide bonds. The molecule has 5 heteroatoms. The van der Waals surface area contributed by atoms with Crippen molar-refractivity contribution in [3.8, 4) is 0 Å². The molecule has 0 bridgehead atoms. The average Bonchev–Trinajstić information content (AvgIpc) is 2.27. The van der Waals surface area contributed by atoms with Crippen molar-refractivity contribution in [2.24, 2.45) is 0 Å². The number of nitrogens with one attached hydrogen (secondary N) is 1. The molecule has 0 spiro atoms. The van der Waals surface area contributed by atoms with Crippen molar-refractivity contribution in [1.29, 1.82) is 0 Å². The first-order chi connectivity index (χ1) is 6.39. The van der Waals surface area contributed by atoms with Gasteiger partial charge in [-0.25, -0.2) is 8.42 Å². The van der Waals surface area contributed by atoms with E-state index in [-0.39, 0.29) is 23.5 Å². The van der Waals surface area contributed by atoms with Gasteiger partial charge in [-0.15, -0.1) is 0 Å². The van der Waals surface area contributed by atoms with Crippen LogP contribution in [0.1, 0.15) is 20.3 Å². The average molecular weight is 217 g/mol. The van der Waals surface area contributed by atoms with Gasteiger partial charge < -0.3 is 5.32 Å². The lowest BCUT2D eigenvalue weighted by molar-refractivity contribution is -0.117. The van der Waals surface area contributed by atoms with Gasteiger partial charge in [0.15, 0.2) is 9.84 Å². The van der Waals surface area contributed by atoms with Crippen molar-refractivity contribution in [2.75, 3.05) is 11.5 Å². The van der Waals surface area contributed by atoms with E-state index in [0.29, 0.717) is 6.42 Å². The van der Waals surface area contributed by atoms with Crippen LogP contribution in [0, 0.1) is 0 Å². The van der Waals surface area contributed by atoms with Gasteiger partial charge in [-0.05, 0) is 20.3 Å². The van der Waals surface area contributed by atoms with Crippen molar-refractivity contribution < 1.29 is 13.2 Å². The van der Waals surface area contributed by atoms with Crippen LogP contribution in [-0.2, 0) is 14.6 Å². The summed E-state index contributed by atoms with van der Waals surface area (Å²) in [4.78, 5) is 11.2. The Balaban J connectivity index is 2.48. The first kappa shape index (κ1) is 11.2. The molecule has 1 rings (SSSR count). The van der Waals surface area contributed by atoms with E-state index in [1.807, 2.05) is 13.8 Å². The SMILES string of the molecule is CC(C)=CC(=O)NC1CCS(=O)(=O)C1. The molecule has 1 saturated heterocycles. The molecule has 1 heterocycles. The molecule has 1 aliphatic rings. The Kier molecular flexibility index (Phi) is 3.31. The fourth-order valence-corrected chi connectivity index (χ4v) is 3.09. The molecule has 1 aliphatic heterocycles. The summed E-state index contributed by atoms with van der Waals surface area (Å²) in [5.74, 6) is 0.0642. The van der Waals surface area contributed by atoms with Crippen LogP contribution in [0.3, 0.4) is 0 Å². The Labute approximate surface area is 84.3 Å². The molecule has 0 aromatic rings. The zero-order valence-electron chi connectivity index (χ0n) is 8.41. The normalized spacial score (nSPS) is 24.3. The van der Waals surface area contributed by atoms with Crippen molar-refractivity contribution in [2.45, 2.75) is 26.3 Å². The van der Waals surface area contributed by atoms with E-state index < -0.39 is 9.84 Å². The maximum absolute atomic E-state index is 11.2. The van der Waals surface area contributed by atoms with Crippen LogP contribution in [0.5, 0.6) is 0 Å². The molecule has 14 heavy (non-hydrogen) atoms.